The van der Waals surface area contributed by atoms with Gasteiger partial charge in [-0.3, -0.25) is 0 Å². The molecule has 0 unspecified atom stereocenters. The topological polar surface area (TPSA) is 82.6 Å². The molecule has 0 amide bonds. The van der Waals surface area contributed by atoms with Gasteiger partial charge < -0.3 is 8.92 Å². The predicted octanol–water partition coefficient (Wildman–Crippen LogP) is 1.86. The van der Waals surface area contributed by atoms with Gasteiger partial charge >= 0.3 is 21.6 Å². The molecule has 0 saturated heterocycles. The Labute approximate surface area is 113 Å². The molecule has 1 aromatic heterocycles. The van der Waals surface area contributed by atoms with Crippen LogP contribution in [0.1, 0.15) is 10.5 Å². The Morgan fingerprint density at radius 1 is 1.37 bits per heavy atom. The number of pyridine rings is 1. The molecule has 106 valence electrons. The number of alkyl halides is 3. The molecule has 0 bridgehead atoms. The molecule has 19 heavy (non-hydrogen) atoms. The first-order valence-electron chi connectivity index (χ1n) is 4.34. The molecule has 0 spiro atoms. The molecule has 0 aromatic carbocycles. The summed E-state index contributed by atoms with van der Waals surface area (Å²) < 4.78 is 65.6. The van der Waals surface area contributed by atoms with Crippen LogP contribution in [0.4, 0.5) is 13.2 Å². The molecule has 1 aromatic rings. The van der Waals surface area contributed by atoms with Gasteiger partial charge in [-0.05, 0) is 28.1 Å². The monoisotopic (exact) mass is 363 g/mol. The van der Waals surface area contributed by atoms with Crippen molar-refractivity contribution in [1.29, 1.82) is 0 Å². The highest BCUT2D eigenvalue weighted by molar-refractivity contribution is 9.10. The van der Waals surface area contributed by atoms with Crippen molar-refractivity contribution in [2.45, 2.75) is 5.51 Å². The molecule has 1 rings (SSSR count). The second-order valence-corrected chi connectivity index (χ2v) is 5.25. The zero-order valence-electron chi connectivity index (χ0n) is 9.06. The van der Waals surface area contributed by atoms with Crippen molar-refractivity contribution in [2.75, 3.05) is 7.11 Å². The number of methoxy groups -OCH3 is 1. The summed E-state index contributed by atoms with van der Waals surface area (Å²) in [6, 6.07) is 1.80. The number of carbonyl (C=O) groups excluding carboxylic acids is 1. The van der Waals surface area contributed by atoms with Crippen molar-refractivity contribution in [3.05, 3.63) is 22.4 Å². The van der Waals surface area contributed by atoms with E-state index in [1.165, 1.54) is 0 Å². The van der Waals surface area contributed by atoms with Crippen LogP contribution in [-0.4, -0.2) is 32.0 Å². The third-order valence-electron chi connectivity index (χ3n) is 1.69. The molecule has 1 heterocycles. The van der Waals surface area contributed by atoms with E-state index in [2.05, 4.69) is 29.8 Å². The molecule has 0 aliphatic rings. The molecule has 0 aliphatic carbocycles. The fourth-order valence-electron chi connectivity index (χ4n) is 0.867. The number of rotatable bonds is 3. The highest BCUT2D eigenvalue weighted by Gasteiger charge is 2.48. The number of ether oxygens (including phenoxy) is 1. The van der Waals surface area contributed by atoms with Gasteiger partial charge in [0.1, 0.15) is 5.69 Å². The van der Waals surface area contributed by atoms with E-state index in [4.69, 9.17) is 0 Å². The van der Waals surface area contributed by atoms with E-state index in [-0.39, 0.29) is 10.3 Å². The standard InChI is InChI=1S/C8H5BrF3NO5S/c1-17-7(14)4-2-3-5(6(9)13-4)18-19(15,16)8(10,11)12/h2-3H,1H3. The lowest BCUT2D eigenvalue weighted by atomic mass is 10.3. The first-order chi connectivity index (χ1) is 8.58. The number of esters is 1. The number of hydrogen-bond donors (Lipinski definition) is 0. The summed E-state index contributed by atoms with van der Waals surface area (Å²) in [5, 5.41) is 0. The van der Waals surface area contributed by atoms with E-state index >= 15 is 0 Å². The number of carbonyl (C=O) groups is 1. The zero-order valence-corrected chi connectivity index (χ0v) is 11.5. The summed E-state index contributed by atoms with van der Waals surface area (Å²) in [6.07, 6.45) is 0. The summed E-state index contributed by atoms with van der Waals surface area (Å²) in [7, 11) is -4.72. The molecular weight excluding hydrogens is 359 g/mol. The van der Waals surface area contributed by atoms with Gasteiger partial charge in [-0.15, -0.1) is 0 Å². The van der Waals surface area contributed by atoms with Crippen LogP contribution >= 0.6 is 15.9 Å². The van der Waals surface area contributed by atoms with Crippen LogP contribution in [0.3, 0.4) is 0 Å². The third kappa shape index (κ3) is 3.56. The second-order valence-electron chi connectivity index (χ2n) is 2.96. The predicted molar refractivity (Wildman–Crippen MR) is 58.9 cm³/mol. The van der Waals surface area contributed by atoms with Crippen molar-refractivity contribution in [3.63, 3.8) is 0 Å². The van der Waals surface area contributed by atoms with Crippen molar-refractivity contribution in [3.8, 4) is 5.75 Å². The maximum atomic E-state index is 12.1. The lowest BCUT2D eigenvalue weighted by molar-refractivity contribution is -0.0500. The minimum atomic E-state index is -5.80. The first-order valence-corrected chi connectivity index (χ1v) is 6.54. The smallest absolute Gasteiger partial charge is 0.464 e. The van der Waals surface area contributed by atoms with Crippen LogP contribution in [0, 0.1) is 0 Å². The molecule has 0 saturated carbocycles. The van der Waals surface area contributed by atoms with Crippen LogP contribution in [0.15, 0.2) is 16.7 Å². The number of nitrogens with zero attached hydrogens (tertiary/aromatic N) is 1. The van der Waals surface area contributed by atoms with E-state index < -0.39 is 27.3 Å². The van der Waals surface area contributed by atoms with Gasteiger partial charge in [0.25, 0.3) is 0 Å². The second kappa shape index (κ2) is 5.33. The Morgan fingerprint density at radius 2 is 1.95 bits per heavy atom. The van der Waals surface area contributed by atoms with Gasteiger partial charge in [0.2, 0.25) is 0 Å². The highest BCUT2D eigenvalue weighted by Crippen LogP contribution is 2.30. The Bertz CT molecular complexity index is 601. The highest BCUT2D eigenvalue weighted by atomic mass is 79.9. The van der Waals surface area contributed by atoms with Gasteiger partial charge in [-0.25, -0.2) is 9.78 Å². The Kier molecular flexibility index (Phi) is 4.40. The molecule has 6 nitrogen and oxygen atoms in total. The normalized spacial score (nSPS) is 12.1. The maximum absolute atomic E-state index is 12.1. The van der Waals surface area contributed by atoms with Crippen molar-refractivity contribution >= 4 is 32.0 Å². The summed E-state index contributed by atoms with van der Waals surface area (Å²) in [5.41, 5.74) is -5.79. The van der Waals surface area contributed by atoms with E-state index in [0.717, 1.165) is 19.2 Å². The number of halogens is 4. The van der Waals surface area contributed by atoms with Crippen molar-refractivity contribution < 1.29 is 35.3 Å². The van der Waals surface area contributed by atoms with E-state index in [0.29, 0.717) is 0 Å². The van der Waals surface area contributed by atoms with Crippen LogP contribution in [0.2, 0.25) is 0 Å². The van der Waals surface area contributed by atoms with Crippen LogP contribution in [0.25, 0.3) is 0 Å². The minimum absolute atomic E-state index is 0.230. The van der Waals surface area contributed by atoms with Gasteiger partial charge in [0.05, 0.1) is 7.11 Å². The van der Waals surface area contributed by atoms with E-state index in [1.54, 1.807) is 0 Å². The largest absolute Gasteiger partial charge is 0.534 e. The molecule has 0 atom stereocenters. The molecule has 0 aliphatic heterocycles. The minimum Gasteiger partial charge on any atom is -0.464 e. The van der Waals surface area contributed by atoms with Crippen LogP contribution < -0.4 is 4.18 Å². The van der Waals surface area contributed by atoms with Gasteiger partial charge in [-0.1, -0.05) is 0 Å². The van der Waals surface area contributed by atoms with Crippen molar-refractivity contribution in [2.24, 2.45) is 0 Å². The van der Waals surface area contributed by atoms with Gasteiger partial charge in [0, 0.05) is 0 Å². The van der Waals surface area contributed by atoms with Gasteiger partial charge in [-0.2, -0.15) is 21.6 Å². The SMILES string of the molecule is COC(=O)c1ccc(OS(=O)(=O)C(F)(F)F)c(Br)n1. The fourth-order valence-corrected chi connectivity index (χ4v) is 1.84. The van der Waals surface area contributed by atoms with E-state index in [9.17, 15) is 26.4 Å². The lowest BCUT2D eigenvalue weighted by Gasteiger charge is -2.10. The Morgan fingerprint density at radius 3 is 2.37 bits per heavy atom. The van der Waals surface area contributed by atoms with Gasteiger partial charge in [0.15, 0.2) is 10.4 Å². The summed E-state index contributed by atoms with van der Waals surface area (Å²) in [5.74, 6) is -1.55. The molecule has 11 heteroatoms. The molecular formula is C8H5BrF3NO5S. The summed E-state index contributed by atoms with van der Waals surface area (Å²) in [6.45, 7) is 0. The average Bonchev–Trinajstić information content (AvgIpc) is 2.29. The average molecular weight is 364 g/mol. The number of aromatic nitrogens is 1. The summed E-state index contributed by atoms with van der Waals surface area (Å²) in [4.78, 5) is 14.6. The van der Waals surface area contributed by atoms with E-state index in [1.807, 2.05) is 0 Å². The summed E-state index contributed by atoms with van der Waals surface area (Å²) >= 11 is 2.69. The zero-order chi connectivity index (χ0) is 14.8. The third-order valence-corrected chi connectivity index (χ3v) is 3.23. The Hall–Kier alpha value is -1.36. The first kappa shape index (κ1) is 15.7. The van der Waals surface area contributed by atoms with Crippen LogP contribution in [-0.2, 0) is 14.9 Å². The Balaban J connectivity index is 3.09. The molecule has 0 N–H and O–H groups in total. The van der Waals surface area contributed by atoms with Crippen molar-refractivity contribution in [1.82, 2.24) is 4.98 Å². The fraction of sp³-hybridized carbons (Fsp3) is 0.250. The molecule has 0 fully saturated rings. The lowest BCUT2D eigenvalue weighted by Crippen LogP contribution is -2.28. The number of hydrogen-bond acceptors (Lipinski definition) is 6. The quantitative estimate of drug-likeness (QED) is 0.353. The molecule has 0 radical (unpaired) electrons. The maximum Gasteiger partial charge on any atom is 0.534 e. The van der Waals surface area contributed by atoms with Crippen LogP contribution in [0.5, 0.6) is 5.75 Å².